The average molecular weight is 558 g/mol. The van der Waals surface area contributed by atoms with Gasteiger partial charge in [0.2, 0.25) is 5.75 Å². The van der Waals surface area contributed by atoms with Crippen LogP contribution in [-0.4, -0.2) is 34.3 Å². The van der Waals surface area contributed by atoms with Gasteiger partial charge in [-0.05, 0) is 30.7 Å². The number of methoxy groups -OCH3 is 1. The molecule has 202 valence electrons. The summed E-state index contributed by atoms with van der Waals surface area (Å²) in [5, 5.41) is 21.8. The number of hydrogen-bond donors (Lipinski definition) is 1. The zero-order valence-corrected chi connectivity index (χ0v) is 22.3. The van der Waals surface area contributed by atoms with Crippen molar-refractivity contribution in [2.45, 2.75) is 13.0 Å². The highest BCUT2D eigenvalue weighted by atomic mass is 32.1. The lowest BCUT2D eigenvalue weighted by Gasteiger charge is -2.26. The molecule has 10 nitrogen and oxygen atoms in total. The molecule has 5 rings (SSSR count). The number of fused-ring (bicyclic) bond motifs is 1. The van der Waals surface area contributed by atoms with Crippen molar-refractivity contribution in [3.8, 4) is 11.5 Å². The Bertz CT molecular complexity index is 1840. The summed E-state index contributed by atoms with van der Waals surface area (Å²) < 4.78 is 12.4. The van der Waals surface area contributed by atoms with E-state index in [9.17, 15) is 24.8 Å². The molecule has 0 saturated heterocycles. The molecule has 4 aromatic rings. The molecule has 1 atom stereocenters. The zero-order valence-electron chi connectivity index (χ0n) is 21.4. The van der Waals surface area contributed by atoms with Crippen LogP contribution < -0.4 is 19.6 Å². The maximum absolute atomic E-state index is 13.9. The maximum atomic E-state index is 13.9. The highest BCUT2D eigenvalue weighted by Gasteiger charge is 2.35. The normalized spacial score (nSPS) is 14.8. The molecule has 2 heterocycles. The number of aromatic hydroxyl groups is 1. The summed E-state index contributed by atoms with van der Waals surface area (Å²) in [5.74, 6) is -0.647. The van der Waals surface area contributed by atoms with Crippen molar-refractivity contribution in [3.63, 3.8) is 0 Å². The van der Waals surface area contributed by atoms with Crippen molar-refractivity contribution in [1.29, 1.82) is 0 Å². The van der Waals surface area contributed by atoms with Crippen LogP contribution in [0.2, 0.25) is 0 Å². The Morgan fingerprint density at radius 3 is 2.60 bits per heavy atom. The SMILES string of the molecule is CCOC(=O)C1=C(c2ccccc2)N=c2s/c(=C\c3cccc([N+](=O)[O-])c3O)c(=O)n2C1c1cccc(OC)c1. The first-order valence-electron chi connectivity index (χ1n) is 12.2. The lowest BCUT2D eigenvalue weighted by molar-refractivity contribution is -0.385. The van der Waals surface area contributed by atoms with E-state index < -0.39 is 33.9 Å². The minimum atomic E-state index is -0.915. The summed E-state index contributed by atoms with van der Waals surface area (Å²) in [6.07, 6.45) is 1.38. The minimum Gasteiger partial charge on any atom is -0.502 e. The Morgan fingerprint density at radius 2 is 1.90 bits per heavy atom. The van der Waals surface area contributed by atoms with Gasteiger partial charge in [0.05, 0.1) is 40.5 Å². The molecule has 0 bridgehead atoms. The number of nitro groups is 1. The first-order valence-corrected chi connectivity index (χ1v) is 13.0. The average Bonchev–Trinajstić information content (AvgIpc) is 3.28. The molecule has 1 aliphatic heterocycles. The van der Waals surface area contributed by atoms with Gasteiger partial charge in [-0.1, -0.05) is 65.9 Å². The molecule has 3 aromatic carbocycles. The van der Waals surface area contributed by atoms with E-state index in [1.165, 1.54) is 36.0 Å². The van der Waals surface area contributed by atoms with Crippen molar-refractivity contribution < 1.29 is 24.3 Å². The predicted octanol–water partition coefficient (Wildman–Crippen LogP) is 3.56. The molecule has 1 aliphatic rings. The third-order valence-electron chi connectivity index (χ3n) is 6.31. The second-order valence-electron chi connectivity index (χ2n) is 8.68. The van der Waals surface area contributed by atoms with Crippen LogP contribution in [0.4, 0.5) is 5.69 Å². The summed E-state index contributed by atoms with van der Waals surface area (Å²) in [4.78, 5) is 43.1. The number of benzene rings is 3. The van der Waals surface area contributed by atoms with Crippen molar-refractivity contribution >= 4 is 34.8 Å². The molecule has 1 aromatic heterocycles. The third-order valence-corrected chi connectivity index (χ3v) is 7.30. The van der Waals surface area contributed by atoms with Crippen LogP contribution in [0.3, 0.4) is 0 Å². The van der Waals surface area contributed by atoms with Crippen LogP contribution >= 0.6 is 11.3 Å². The van der Waals surface area contributed by atoms with Gasteiger partial charge in [-0.15, -0.1) is 0 Å². The largest absolute Gasteiger partial charge is 0.502 e. The summed E-state index contributed by atoms with van der Waals surface area (Å²) in [6.45, 7) is 1.81. The zero-order chi connectivity index (χ0) is 28.4. The number of aromatic nitrogens is 1. The molecule has 0 fully saturated rings. The lowest BCUT2D eigenvalue weighted by Crippen LogP contribution is -2.40. The number of hydrogen-bond acceptors (Lipinski definition) is 9. The van der Waals surface area contributed by atoms with E-state index in [2.05, 4.69) is 0 Å². The number of thiazole rings is 1. The van der Waals surface area contributed by atoms with Gasteiger partial charge < -0.3 is 14.6 Å². The molecule has 11 heteroatoms. The van der Waals surface area contributed by atoms with Crippen LogP contribution in [0.5, 0.6) is 11.5 Å². The smallest absolute Gasteiger partial charge is 0.338 e. The number of carbonyl (C=O) groups is 1. The Kier molecular flexibility index (Phi) is 7.30. The summed E-state index contributed by atoms with van der Waals surface area (Å²) in [7, 11) is 1.52. The Morgan fingerprint density at radius 1 is 1.15 bits per heavy atom. The molecule has 1 unspecified atom stereocenters. The van der Waals surface area contributed by atoms with Crippen molar-refractivity contribution in [1.82, 2.24) is 4.57 Å². The van der Waals surface area contributed by atoms with Gasteiger partial charge in [-0.25, -0.2) is 9.79 Å². The Labute approximate surface area is 231 Å². The number of nitrogens with zero attached hydrogens (tertiary/aromatic N) is 3. The number of para-hydroxylation sites is 1. The van der Waals surface area contributed by atoms with E-state index in [0.717, 1.165) is 11.3 Å². The molecule has 0 spiro atoms. The van der Waals surface area contributed by atoms with Crippen molar-refractivity contribution in [2.24, 2.45) is 4.99 Å². The predicted molar refractivity (Wildman–Crippen MR) is 149 cm³/mol. The highest BCUT2D eigenvalue weighted by molar-refractivity contribution is 7.07. The van der Waals surface area contributed by atoms with E-state index in [4.69, 9.17) is 14.5 Å². The first-order chi connectivity index (χ1) is 19.3. The number of nitro benzene ring substituents is 1. The van der Waals surface area contributed by atoms with Gasteiger partial charge in [0.15, 0.2) is 4.80 Å². The molecule has 0 saturated carbocycles. The standard InChI is InChI=1S/C29H23N3O7S/c1-3-39-28(35)23-24(17-9-5-4-6-10-17)30-29-31(25(23)18-11-7-13-20(15-18)38-2)27(34)22(40-29)16-19-12-8-14-21(26(19)33)32(36)37/h4-16,25,33H,3H2,1-2H3/b22-16-. The molecular weight excluding hydrogens is 534 g/mol. The van der Waals surface area contributed by atoms with Gasteiger partial charge in [0.25, 0.3) is 5.56 Å². The Hall–Kier alpha value is -5.03. The lowest BCUT2D eigenvalue weighted by atomic mass is 9.93. The van der Waals surface area contributed by atoms with Crippen LogP contribution in [-0.2, 0) is 9.53 Å². The van der Waals surface area contributed by atoms with Gasteiger partial charge in [0, 0.05) is 17.2 Å². The van der Waals surface area contributed by atoms with Gasteiger partial charge in [-0.2, -0.15) is 0 Å². The molecule has 0 aliphatic carbocycles. The van der Waals surface area contributed by atoms with Crippen LogP contribution in [0.15, 0.2) is 88.2 Å². The topological polar surface area (TPSA) is 133 Å². The molecule has 0 amide bonds. The summed E-state index contributed by atoms with van der Waals surface area (Å²) in [5.41, 5.74) is 0.925. The fraction of sp³-hybridized carbons (Fsp3) is 0.138. The highest BCUT2D eigenvalue weighted by Crippen LogP contribution is 2.36. The molecular formula is C29H23N3O7S. The Balaban J connectivity index is 1.84. The van der Waals surface area contributed by atoms with Gasteiger partial charge in [-0.3, -0.25) is 19.5 Å². The number of ether oxygens (including phenoxy) is 2. The number of esters is 1. The fourth-order valence-corrected chi connectivity index (χ4v) is 5.51. The van der Waals surface area contributed by atoms with Crippen LogP contribution in [0, 0.1) is 10.1 Å². The van der Waals surface area contributed by atoms with Gasteiger partial charge >= 0.3 is 11.7 Å². The first kappa shape index (κ1) is 26.6. The second-order valence-corrected chi connectivity index (χ2v) is 9.69. The quantitative estimate of drug-likeness (QED) is 0.209. The van der Waals surface area contributed by atoms with Gasteiger partial charge in [0.1, 0.15) is 5.75 Å². The third kappa shape index (κ3) is 4.78. The van der Waals surface area contributed by atoms with E-state index in [0.29, 0.717) is 27.4 Å². The number of carbonyl (C=O) groups excluding carboxylic acids is 1. The second kappa shape index (κ2) is 11.0. The molecule has 1 N–H and O–H groups in total. The van der Waals surface area contributed by atoms with Crippen molar-refractivity contribution in [3.05, 3.63) is 125 Å². The molecule has 40 heavy (non-hydrogen) atoms. The van der Waals surface area contributed by atoms with Crippen LogP contribution in [0.25, 0.3) is 11.8 Å². The van der Waals surface area contributed by atoms with Crippen molar-refractivity contribution in [2.75, 3.05) is 13.7 Å². The van der Waals surface area contributed by atoms with Crippen LogP contribution in [0.1, 0.15) is 29.7 Å². The summed E-state index contributed by atoms with van der Waals surface area (Å²) in [6, 6.07) is 19.3. The van der Waals surface area contributed by atoms with E-state index >= 15 is 0 Å². The number of phenols is 1. The van der Waals surface area contributed by atoms with E-state index in [1.807, 2.05) is 30.3 Å². The number of phenolic OH excluding ortho intramolecular Hbond substituents is 1. The summed E-state index contributed by atoms with van der Waals surface area (Å²) >= 11 is 1.04. The number of rotatable bonds is 7. The van der Waals surface area contributed by atoms with E-state index in [1.54, 1.807) is 31.2 Å². The molecule has 0 radical (unpaired) electrons. The maximum Gasteiger partial charge on any atom is 0.338 e. The van der Waals surface area contributed by atoms with E-state index in [-0.39, 0.29) is 22.3 Å². The monoisotopic (exact) mass is 557 g/mol. The minimum absolute atomic E-state index is 0.102. The fourth-order valence-electron chi connectivity index (χ4n) is 4.52.